The van der Waals surface area contributed by atoms with E-state index in [0.29, 0.717) is 6.54 Å². The van der Waals surface area contributed by atoms with Crippen LogP contribution >= 0.6 is 11.6 Å². The number of hydrogen-bond donors (Lipinski definition) is 4. The molecule has 1 amide bonds. The van der Waals surface area contributed by atoms with E-state index in [0.717, 1.165) is 30.2 Å². The molecule has 0 saturated carbocycles. The molecule has 0 spiro atoms. The summed E-state index contributed by atoms with van der Waals surface area (Å²) in [6, 6.07) is 14.2. The summed E-state index contributed by atoms with van der Waals surface area (Å²) < 4.78 is 27.5. The molecule has 202 valence electrons. The fourth-order valence-electron chi connectivity index (χ4n) is 4.11. The zero-order valence-electron chi connectivity index (χ0n) is 21.0. The number of carbonyl (C=O) groups excluding carboxylic acids is 2. The van der Waals surface area contributed by atoms with Crippen LogP contribution in [0.5, 0.6) is 5.75 Å². The lowest BCUT2D eigenvalue weighted by atomic mass is 9.99. The first kappa shape index (κ1) is 29.2. The van der Waals surface area contributed by atoms with Crippen molar-refractivity contribution in [1.29, 1.82) is 0 Å². The molecule has 0 aromatic heterocycles. The highest BCUT2D eigenvalue weighted by Gasteiger charge is 2.23. The molecule has 3 aromatic rings. The quantitative estimate of drug-likeness (QED) is 0.233. The van der Waals surface area contributed by atoms with Gasteiger partial charge in [-0.05, 0) is 59.9 Å². The molecule has 6 nitrogen and oxygen atoms in total. The highest BCUT2D eigenvalue weighted by molar-refractivity contribution is 6.30. The number of nitrogens with one attached hydrogen (secondary N) is 2. The minimum Gasteiger partial charge on any atom is -0.507 e. The number of halogens is 3. The van der Waals surface area contributed by atoms with E-state index >= 15 is 0 Å². The lowest BCUT2D eigenvalue weighted by molar-refractivity contribution is -0.122. The lowest BCUT2D eigenvalue weighted by Crippen LogP contribution is -2.48. The fourth-order valence-corrected chi connectivity index (χ4v) is 4.28. The van der Waals surface area contributed by atoms with Gasteiger partial charge in [0.2, 0.25) is 5.91 Å². The second-order valence-corrected chi connectivity index (χ2v) is 9.55. The Labute approximate surface area is 225 Å². The molecule has 3 rings (SSSR count). The van der Waals surface area contributed by atoms with Crippen LogP contribution in [-0.2, 0) is 24.2 Å². The first-order chi connectivity index (χ1) is 18.1. The molecule has 0 aliphatic carbocycles. The monoisotopic (exact) mass is 544 g/mol. The predicted molar refractivity (Wildman–Crippen MR) is 142 cm³/mol. The summed E-state index contributed by atoms with van der Waals surface area (Å²) in [6.45, 7) is 2.65. The number of phenolic OH excluding ortho intramolecular Hbond substituents is 1. The van der Waals surface area contributed by atoms with Gasteiger partial charge in [-0.2, -0.15) is 0 Å². The number of carbonyl (C=O) groups is 2. The van der Waals surface area contributed by atoms with Gasteiger partial charge in [-0.25, -0.2) is 8.78 Å². The van der Waals surface area contributed by atoms with Crippen LogP contribution in [0.2, 0.25) is 5.02 Å². The molecule has 0 saturated heterocycles. The fraction of sp³-hybridized carbons (Fsp3) is 0.310. The standard InChI is InChI=1S/C29H31ClF2N2O4/c1-2-18-4-3-5-19(10-18)16-33-17-28(37)25(13-20-11-22(31)15-23(32)12-20)34-29(38)9-8-26(35)24-7-6-21(30)14-27(24)36/h3-7,10-12,14-15,25,28,33,36-37H,2,8-9,13,16-17H2,1H3,(H,34,38). The number of hydrogen-bond acceptors (Lipinski definition) is 5. The van der Waals surface area contributed by atoms with E-state index < -0.39 is 35.5 Å². The van der Waals surface area contributed by atoms with E-state index in [1.165, 1.54) is 23.8 Å². The summed E-state index contributed by atoms with van der Waals surface area (Å²) in [5, 5.41) is 26.9. The maximum Gasteiger partial charge on any atom is 0.220 e. The van der Waals surface area contributed by atoms with Crippen LogP contribution in [0.3, 0.4) is 0 Å². The van der Waals surface area contributed by atoms with Gasteiger partial charge < -0.3 is 20.8 Å². The maximum atomic E-state index is 13.8. The van der Waals surface area contributed by atoms with Crippen molar-refractivity contribution >= 4 is 23.3 Å². The van der Waals surface area contributed by atoms with Gasteiger partial charge in [-0.1, -0.05) is 42.8 Å². The van der Waals surface area contributed by atoms with Gasteiger partial charge in [-0.3, -0.25) is 9.59 Å². The number of Topliss-reactive ketones (excluding diaryl/α,β-unsaturated/α-hetero) is 1. The lowest BCUT2D eigenvalue weighted by Gasteiger charge is -2.25. The molecule has 3 aromatic carbocycles. The minimum absolute atomic E-state index is 0.0273. The van der Waals surface area contributed by atoms with E-state index in [1.54, 1.807) is 0 Å². The van der Waals surface area contributed by atoms with Crippen molar-refractivity contribution in [3.63, 3.8) is 0 Å². The minimum atomic E-state index is -1.09. The third kappa shape index (κ3) is 8.90. The Morgan fingerprint density at radius 1 is 0.947 bits per heavy atom. The number of amides is 1. The third-order valence-corrected chi connectivity index (χ3v) is 6.35. The zero-order valence-corrected chi connectivity index (χ0v) is 21.8. The van der Waals surface area contributed by atoms with Gasteiger partial charge in [0.25, 0.3) is 0 Å². The van der Waals surface area contributed by atoms with Crippen LogP contribution in [0, 0.1) is 11.6 Å². The number of phenols is 1. The second-order valence-electron chi connectivity index (χ2n) is 9.11. The molecule has 0 heterocycles. The third-order valence-electron chi connectivity index (χ3n) is 6.11. The van der Waals surface area contributed by atoms with Crippen LogP contribution in [-0.4, -0.2) is 40.6 Å². The molecule has 2 atom stereocenters. The van der Waals surface area contributed by atoms with Gasteiger partial charge in [0.05, 0.1) is 17.7 Å². The Hall–Kier alpha value is -3.33. The van der Waals surface area contributed by atoms with Crippen LogP contribution in [0.1, 0.15) is 46.8 Å². The summed E-state index contributed by atoms with van der Waals surface area (Å²) in [4.78, 5) is 25.2. The summed E-state index contributed by atoms with van der Waals surface area (Å²) in [5.41, 5.74) is 2.54. The summed E-state index contributed by atoms with van der Waals surface area (Å²) in [5.74, 6) is -2.78. The normalized spacial score (nSPS) is 12.7. The van der Waals surface area contributed by atoms with E-state index in [1.807, 2.05) is 18.2 Å². The smallest absolute Gasteiger partial charge is 0.220 e. The van der Waals surface area contributed by atoms with Gasteiger partial charge in [-0.15, -0.1) is 0 Å². The Kier molecular flexibility index (Phi) is 10.8. The van der Waals surface area contributed by atoms with Crippen molar-refractivity contribution in [2.45, 2.75) is 51.3 Å². The molecule has 0 fully saturated rings. The van der Waals surface area contributed by atoms with Crippen molar-refractivity contribution in [1.82, 2.24) is 10.6 Å². The summed E-state index contributed by atoms with van der Waals surface area (Å²) >= 11 is 5.80. The maximum absolute atomic E-state index is 13.8. The van der Waals surface area contributed by atoms with Crippen LogP contribution in [0.15, 0.2) is 60.7 Å². The number of aliphatic hydroxyl groups excluding tert-OH is 1. The molecule has 9 heteroatoms. The molecular weight excluding hydrogens is 514 g/mol. The predicted octanol–water partition coefficient (Wildman–Crippen LogP) is 4.73. The Balaban J connectivity index is 1.63. The Morgan fingerprint density at radius 2 is 1.66 bits per heavy atom. The molecule has 0 aliphatic heterocycles. The molecular formula is C29H31ClF2N2O4. The molecule has 0 bridgehead atoms. The molecule has 38 heavy (non-hydrogen) atoms. The second kappa shape index (κ2) is 14.0. The molecule has 0 radical (unpaired) electrons. The number of rotatable bonds is 13. The first-order valence-electron chi connectivity index (χ1n) is 12.4. The topological polar surface area (TPSA) is 98.7 Å². The van der Waals surface area contributed by atoms with E-state index in [2.05, 4.69) is 23.6 Å². The average Bonchev–Trinajstić information content (AvgIpc) is 2.86. The Morgan fingerprint density at radius 3 is 2.34 bits per heavy atom. The van der Waals surface area contributed by atoms with Gasteiger partial charge in [0.1, 0.15) is 17.4 Å². The van der Waals surface area contributed by atoms with Gasteiger partial charge >= 0.3 is 0 Å². The highest BCUT2D eigenvalue weighted by Crippen LogP contribution is 2.23. The number of aryl methyl sites for hydroxylation is 1. The molecule has 0 aliphatic rings. The van der Waals surface area contributed by atoms with Crippen LogP contribution in [0.25, 0.3) is 0 Å². The largest absolute Gasteiger partial charge is 0.507 e. The number of aliphatic hydroxyl groups is 1. The molecule has 4 N–H and O–H groups in total. The summed E-state index contributed by atoms with van der Waals surface area (Å²) in [7, 11) is 0. The average molecular weight is 545 g/mol. The van der Waals surface area contributed by atoms with Crippen molar-refractivity contribution in [2.75, 3.05) is 6.54 Å². The highest BCUT2D eigenvalue weighted by atomic mass is 35.5. The SMILES string of the molecule is CCc1cccc(CNCC(O)C(Cc2cc(F)cc(F)c2)NC(=O)CCC(=O)c2ccc(Cl)cc2O)c1. The van der Waals surface area contributed by atoms with Crippen molar-refractivity contribution < 1.29 is 28.6 Å². The van der Waals surface area contributed by atoms with E-state index in [-0.39, 0.29) is 47.7 Å². The van der Waals surface area contributed by atoms with Crippen LogP contribution in [0.4, 0.5) is 8.78 Å². The van der Waals surface area contributed by atoms with E-state index in [4.69, 9.17) is 11.6 Å². The van der Waals surface area contributed by atoms with Crippen molar-refractivity contribution in [3.8, 4) is 5.75 Å². The number of aromatic hydroxyl groups is 1. The molecule has 2 unspecified atom stereocenters. The van der Waals surface area contributed by atoms with Crippen LogP contribution < -0.4 is 10.6 Å². The van der Waals surface area contributed by atoms with Crippen molar-refractivity contribution in [3.05, 3.63) is 99.6 Å². The number of benzene rings is 3. The van der Waals surface area contributed by atoms with Crippen molar-refractivity contribution in [2.24, 2.45) is 0 Å². The summed E-state index contributed by atoms with van der Waals surface area (Å²) in [6.07, 6.45) is -0.616. The first-order valence-corrected chi connectivity index (χ1v) is 12.7. The van der Waals surface area contributed by atoms with Gasteiger partial charge in [0.15, 0.2) is 5.78 Å². The Bertz CT molecular complexity index is 1250. The van der Waals surface area contributed by atoms with Gasteiger partial charge in [0, 0.05) is 37.0 Å². The number of ketones is 1. The zero-order chi connectivity index (χ0) is 27.7. The van der Waals surface area contributed by atoms with E-state index in [9.17, 15) is 28.6 Å².